The van der Waals surface area contributed by atoms with Gasteiger partial charge in [0.2, 0.25) is 0 Å². The highest BCUT2D eigenvalue weighted by Crippen LogP contribution is 2.29. The number of anilines is 1. The van der Waals surface area contributed by atoms with E-state index in [0.717, 1.165) is 11.1 Å². The van der Waals surface area contributed by atoms with E-state index in [1.165, 1.54) is 37.5 Å². The number of hydrogen-bond donors (Lipinski definition) is 2. The quantitative estimate of drug-likeness (QED) is 0.742. The van der Waals surface area contributed by atoms with Crippen molar-refractivity contribution in [2.75, 3.05) is 12.4 Å². The van der Waals surface area contributed by atoms with Crippen molar-refractivity contribution in [3.63, 3.8) is 0 Å². The summed E-state index contributed by atoms with van der Waals surface area (Å²) >= 11 is 0. The second-order valence-corrected chi connectivity index (χ2v) is 5.56. The molecule has 2 aromatic carbocycles. The standard InChI is InChI=1S/C19H19F2NO3/c1-12-8-9-14(17(25-3)13(12)2)10-11-19(20,21)22-16-7-5-4-6-15(16)18(23)24/h4-11,22H,1-3H3,(H,23,24)/b11-10+. The third-order valence-electron chi connectivity index (χ3n) is 3.84. The molecular weight excluding hydrogens is 328 g/mol. The monoisotopic (exact) mass is 347 g/mol. The SMILES string of the molecule is COc1c(/C=C/C(F)(F)Nc2ccccc2C(=O)O)ccc(C)c1C. The number of ether oxygens (including phenoxy) is 1. The van der Waals surface area contributed by atoms with Crippen LogP contribution in [0.3, 0.4) is 0 Å². The van der Waals surface area contributed by atoms with Gasteiger partial charge in [0.1, 0.15) is 5.75 Å². The Bertz CT molecular complexity index is 816. The molecule has 0 fully saturated rings. The molecule has 0 aromatic heterocycles. The van der Waals surface area contributed by atoms with Crippen LogP contribution in [0.1, 0.15) is 27.0 Å². The lowest BCUT2D eigenvalue weighted by Crippen LogP contribution is -2.25. The Kier molecular flexibility index (Phi) is 5.41. The largest absolute Gasteiger partial charge is 0.496 e. The third-order valence-corrected chi connectivity index (χ3v) is 3.84. The molecule has 132 valence electrons. The number of halogens is 2. The number of alkyl halides is 2. The molecule has 0 aliphatic heterocycles. The highest BCUT2D eigenvalue weighted by Gasteiger charge is 2.26. The first-order valence-corrected chi connectivity index (χ1v) is 7.57. The van der Waals surface area contributed by atoms with Gasteiger partial charge in [-0.3, -0.25) is 0 Å². The van der Waals surface area contributed by atoms with Gasteiger partial charge in [0.25, 0.3) is 0 Å². The molecule has 0 spiro atoms. The van der Waals surface area contributed by atoms with Crippen LogP contribution < -0.4 is 10.1 Å². The summed E-state index contributed by atoms with van der Waals surface area (Å²) in [6.07, 6.45) is 1.93. The lowest BCUT2D eigenvalue weighted by atomic mass is 10.0. The summed E-state index contributed by atoms with van der Waals surface area (Å²) < 4.78 is 33.7. The Balaban J connectivity index is 2.29. The molecule has 2 aromatic rings. The van der Waals surface area contributed by atoms with Gasteiger partial charge in [-0.15, -0.1) is 0 Å². The summed E-state index contributed by atoms with van der Waals surface area (Å²) in [5.41, 5.74) is 2.00. The fraction of sp³-hybridized carbons (Fsp3) is 0.211. The smallest absolute Gasteiger partial charge is 0.343 e. The zero-order chi connectivity index (χ0) is 18.6. The van der Waals surface area contributed by atoms with Gasteiger partial charge in [-0.1, -0.05) is 24.3 Å². The number of aromatic carboxylic acids is 1. The number of carboxylic acids is 1. The first-order chi connectivity index (χ1) is 11.7. The van der Waals surface area contributed by atoms with Crippen molar-refractivity contribution in [1.29, 1.82) is 0 Å². The predicted octanol–water partition coefficient (Wildman–Crippen LogP) is 4.73. The normalized spacial score (nSPS) is 11.6. The summed E-state index contributed by atoms with van der Waals surface area (Å²) in [7, 11) is 1.48. The van der Waals surface area contributed by atoms with Crippen LogP contribution in [0.4, 0.5) is 14.5 Å². The predicted molar refractivity (Wildman–Crippen MR) is 93.5 cm³/mol. The molecule has 0 unspecified atom stereocenters. The van der Waals surface area contributed by atoms with Gasteiger partial charge < -0.3 is 15.2 Å². The molecule has 0 saturated heterocycles. The number of hydrogen-bond acceptors (Lipinski definition) is 3. The number of aryl methyl sites for hydroxylation is 1. The zero-order valence-corrected chi connectivity index (χ0v) is 14.1. The number of benzene rings is 2. The Morgan fingerprint density at radius 2 is 1.88 bits per heavy atom. The van der Waals surface area contributed by atoms with Crippen LogP contribution in [-0.4, -0.2) is 24.2 Å². The minimum Gasteiger partial charge on any atom is -0.496 e. The summed E-state index contributed by atoms with van der Waals surface area (Å²) in [5, 5.41) is 11.0. The Labute approximate surface area is 144 Å². The molecule has 0 saturated carbocycles. The maximum Gasteiger partial charge on any atom is 0.343 e. The first kappa shape index (κ1) is 18.4. The van der Waals surface area contributed by atoms with Gasteiger partial charge in [-0.2, -0.15) is 8.78 Å². The Morgan fingerprint density at radius 3 is 2.52 bits per heavy atom. The lowest BCUT2D eigenvalue weighted by molar-refractivity contribution is 0.0695. The molecule has 25 heavy (non-hydrogen) atoms. The van der Waals surface area contributed by atoms with E-state index in [-0.39, 0.29) is 11.3 Å². The molecule has 0 aliphatic carbocycles. The third kappa shape index (κ3) is 4.35. The summed E-state index contributed by atoms with van der Waals surface area (Å²) in [6.45, 7) is 3.76. The summed E-state index contributed by atoms with van der Waals surface area (Å²) in [5.74, 6) is -0.753. The lowest BCUT2D eigenvalue weighted by Gasteiger charge is -2.17. The molecular formula is C19H19F2NO3. The van der Waals surface area contributed by atoms with E-state index in [1.807, 2.05) is 25.2 Å². The van der Waals surface area contributed by atoms with E-state index in [4.69, 9.17) is 9.84 Å². The van der Waals surface area contributed by atoms with Crippen molar-refractivity contribution in [3.05, 3.63) is 64.7 Å². The van der Waals surface area contributed by atoms with Crippen LogP contribution in [-0.2, 0) is 0 Å². The van der Waals surface area contributed by atoms with Crippen LogP contribution in [0.2, 0.25) is 0 Å². The van der Waals surface area contributed by atoms with Crippen LogP contribution in [0.25, 0.3) is 6.08 Å². The fourth-order valence-corrected chi connectivity index (χ4v) is 2.41. The number of rotatable bonds is 6. The first-order valence-electron chi connectivity index (χ1n) is 7.57. The van der Waals surface area contributed by atoms with Crippen LogP contribution in [0, 0.1) is 13.8 Å². The van der Waals surface area contributed by atoms with E-state index < -0.39 is 12.0 Å². The molecule has 0 heterocycles. The van der Waals surface area contributed by atoms with Gasteiger partial charge in [-0.05, 0) is 43.2 Å². The number of carboxylic acid groups (broad SMARTS) is 1. The minimum absolute atomic E-state index is 0.156. The number of carbonyl (C=O) groups is 1. The van der Waals surface area contributed by atoms with Crippen molar-refractivity contribution >= 4 is 17.7 Å². The molecule has 0 bridgehead atoms. The van der Waals surface area contributed by atoms with Gasteiger partial charge in [0, 0.05) is 11.6 Å². The molecule has 4 nitrogen and oxygen atoms in total. The average Bonchev–Trinajstić information content (AvgIpc) is 2.56. The highest BCUT2D eigenvalue weighted by molar-refractivity contribution is 5.94. The number of para-hydroxylation sites is 1. The van der Waals surface area contributed by atoms with E-state index in [0.29, 0.717) is 17.4 Å². The maximum atomic E-state index is 14.2. The fourth-order valence-electron chi connectivity index (χ4n) is 2.41. The second-order valence-electron chi connectivity index (χ2n) is 5.56. The molecule has 0 atom stereocenters. The van der Waals surface area contributed by atoms with Crippen LogP contribution in [0.5, 0.6) is 5.75 Å². The molecule has 0 radical (unpaired) electrons. The molecule has 0 aliphatic rings. The minimum atomic E-state index is -3.44. The molecule has 6 heteroatoms. The summed E-state index contributed by atoms with van der Waals surface area (Å²) in [4.78, 5) is 11.1. The van der Waals surface area contributed by atoms with Gasteiger partial charge in [0.05, 0.1) is 18.4 Å². The van der Waals surface area contributed by atoms with Crippen LogP contribution in [0.15, 0.2) is 42.5 Å². The van der Waals surface area contributed by atoms with E-state index in [1.54, 1.807) is 6.07 Å². The van der Waals surface area contributed by atoms with E-state index in [9.17, 15) is 13.6 Å². The van der Waals surface area contributed by atoms with Crippen molar-refractivity contribution in [2.45, 2.75) is 19.9 Å². The van der Waals surface area contributed by atoms with Gasteiger partial charge in [-0.25, -0.2) is 4.79 Å². The molecule has 2 N–H and O–H groups in total. The maximum absolute atomic E-state index is 14.2. The number of nitrogens with one attached hydrogen (secondary N) is 1. The highest BCUT2D eigenvalue weighted by atomic mass is 19.3. The van der Waals surface area contributed by atoms with Crippen LogP contribution >= 0.6 is 0 Å². The summed E-state index contributed by atoms with van der Waals surface area (Å²) in [6, 6.07) is 5.60. The van der Waals surface area contributed by atoms with Crippen molar-refractivity contribution < 1.29 is 23.4 Å². The molecule has 2 rings (SSSR count). The van der Waals surface area contributed by atoms with E-state index in [2.05, 4.69) is 0 Å². The van der Waals surface area contributed by atoms with Gasteiger partial charge >= 0.3 is 12.0 Å². The Hall–Kier alpha value is -2.89. The van der Waals surface area contributed by atoms with Crippen molar-refractivity contribution in [3.8, 4) is 5.75 Å². The van der Waals surface area contributed by atoms with Crippen molar-refractivity contribution in [2.24, 2.45) is 0 Å². The average molecular weight is 347 g/mol. The second kappa shape index (κ2) is 7.34. The Morgan fingerprint density at radius 1 is 1.20 bits per heavy atom. The molecule has 0 amide bonds. The zero-order valence-electron chi connectivity index (χ0n) is 14.1. The number of methoxy groups -OCH3 is 1. The topological polar surface area (TPSA) is 58.6 Å². The van der Waals surface area contributed by atoms with Crippen molar-refractivity contribution in [1.82, 2.24) is 0 Å². The van der Waals surface area contributed by atoms with E-state index >= 15 is 0 Å². The van der Waals surface area contributed by atoms with Gasteiger partial charge in [0.15, 0.2) is 0 Å².